The van der Waals surface area contributed by atoms with Crippen molar-refractivity contribution < 1.29 is 50.5 Å². The van der Waals surface area contributed by atoms with Crippen LogP contribution in [-0.4, -0.2) is 28.4 Å². The number of rotatable bonds is 8. The Hall–Kier alpha value is -3.91. The van der Waals surface area contributed by atoms with Crippen LogP contribution in [0.3, 0.4) is 0 Å². The molecule has 0 aliphatic heterocycles. The lowest BCUT2D eigenvalue weighted by Crippen LogP contribution is -2.23. The molecule has 0 saturated carbocycles. The third kappa shape index (κ3) is 6.55. The summed E-state index contributed by atoms with van der Waals surface area (Å²) in [6.45, 7) is -2.39. The molecule has 172 valence electrons. The van der Waals surface area contributed by atoms with Crippen molar-refractivity contribution in [3.8, 4) is 11.5 Å². The molecule has 15 heteroatoms. The predicted octanol–water partition coefficient (Wildman–Crippen LogP) is 4.27. The number of nitrogens with zero attached hydrogens (tertiary/aromatic N) is 2. The van der Waals surface area contributed by atoms with Crippen LogP contribution in [0.25, 0.3) is 0 Å². The smallest absolute Gasteiger partial charge is 0.404 e. The molecule has 0 saturated heterocycles. The van der Waals surface area contributed by atoms with Gasteiger partial charge in [0.25, 0.3) is 0 Å². The van der Waals surface area contributed by atoms with Crippen molar-refractivity contribution in [2.45, 2.75) is 25.8 Å². The van der Waals surface area contributed by atoms with E-state index in [9.17, 15) is 51.4 Å². The number of halogens is 6. The molecule has 0 aliphatic rings. The maximum Gasteiger partial charge on any atom is 0.573 e. The minimum absolute atomic E-state index is 0.682. The maximum absolute atomic E-state index is 12.9. The topological polar surface area (TPSA) is 122 Å². The van der Waals surface area contributed by atoms with E-state index in [0.29, 0.717) is 0 Å². The molecular formula is C17H10F6N2O7. The summed E-state index contributed by atoms with van der Waals surface area (Å²) in [4.78, 5) is 32.4. The van der Waals surface area contributed by atoms with Gasteiger partial charge < -0.3 is 9.47 Å². The van der Waals surface area contributed by atoms with Gasteiger partial charge in [-0.25, -0.2) is 0 Å². The number of carbonyl (C=O) groups excluding carboxylic acids is 1. The normalized spacial score (nSPS) is 11.7. The lowest BCUT2D eigenvalue weighted by atomic mass is 9.97. The molecule has 0 aromatic heterocycles. The van der Waals surface area contributed by atoms with Gasteiger partial charge in [0.05, 0.1) is 22.3 Å². The molecule has 2 rings (SSSR count). The minimum Gasteiger partial charge on any atom is -0.404 e. The maximum atomic E-state index is 12.9. The van der Waals surface area contributed by atoms with Crippen LogP contribution in [0.1, 0.15) is 27.0 Å². The van der Waals surface area contributed by atoms with Gasteiger partial charge in [0.2, 0.25) is 18.9 Å². The van der Waals surface area contributed by atoms with Gasteiger partial charge in [-0.3, -0.25) is 25.0 Å². The number of nitro groups is 2. The lowest BCUT2D eigenvalue weighted by molar-refractivity contribution is -0.497. The summed E-state index contributed by atoms with van der Waals surface area (Å²) in [5.74, 6) is -4.09. The Kier molecular flexibility index (Phi) is 6.90. The Morgan fingerprint density at radius 3 is 1.38 bits per heavy atom. The van der Waals surface area contributed by atoms with Crippen molar-refractivity contribution in [2.75, 3.05) is 0 Å². The third-order valence-corrected chi connectivity index (χ3v) is 3.72. The first-order chi connectivity index (χ1) is 14.7. The quantitative estimate of drug-likeness (QED) is 0.245. The van der Waals surface area contributed by atoms with Crippen LogP contribution in [-0.2, 0) is 13.1 Å². The van der Waals surface area contributed by atoms with Crippen LogP contribution in [0.2, 0.25) is 0 Å². The van der Waals surface area contributed by atoms with E-state index >= 15 is 0 Å². The minimum atomic E-state index is -5.40. The summed E-state index contributed by atoms with van der Waals surface area (Å²) in [5.41, 5.74) is -3.30. The average molecular weight is 468 g/mol. The predicted molar refractivity (Wildman–Crippen MR) is 91.1 cm³/mol. The Labute approximate surface area is 173 Å². The molecule has 0 bridgehead atoms. The molecule has 0 heterocycles. The summed E-state index contributed by atoms with van der Waals surface area (Å²) in [7, 11) is 0. The van der Waals surface area contributed by atoms with E-state index in [-0.39, 0.29) is 0 Å². The van der Waals surface area contributed by atoms with Crippen LogP contribution in [0.15, 0.2) is 36.4 Å². The van der Waals surface area contributed by atoms with Gasteiger partial charge in [0.1, 0.15) is 11.5 Å². The fourth-order valence-electron chi connectivity index (χ4n) is 2.67. The summed E-state index contributed by atoms with van der Waals surface area (Å²) >= 11 is 0. The van der Waals surface area contributed by atoms with Crippen molar-refractivity contribution in [3.05, 3.63) is 78.9 Å². The largest absolute Gasteiger partial charge is 0.573 e. The molecule has 2 aromatic carbocycles. The molecule has 0 aliphatic carbocycles. The van der Waals surface area contributed by atoms with E-state index in [0.717, 1.165) is 36.4 Å². The van der Waals surface area contributed by atoms with Crippen LogP contribution < -0.4 is 9.47 Å². The van der Waals surface area contributed by atoms with Crippen LogP contribution >= 0.6 is 0 Å². The van der Waals surface area contributed by atoms with E-state index in [1.165, 1.54) is 0 Å². The second kappa shape index (κ2) is 9.07. The number of ketones is 1. The monoisotopic (exact) mass is 468 g/mol. The molecule has 0 N–H and O–H groups in total. The SMILES string of the molecule is O=C(c1cccc(C[N+](=O)[O-])c1OC(F)(F)F)c1cccc(C[N+](=O)[O-])c1OC(F)(F)F. The van der Waals surface area contributed by atoms with Crippen molar-refractivity contribution >= 4 is 5.78 Å². The lowest BCUT2D eigenvalue weighted by Gasteiger charge is -2.18. The van der Waals surface area contributed by atoms with E-state index in [1.54, 1.807) is 0 Å². The summed E-state index contributed by atoms with van der Waals surface area (Å²) in [5, 5.41) is 21.5. The standard InChI is InChI=1S/C17H10F6N2O7/c18-16(19,20)31-14-9(7-24(27)28)3-1-5-11(14)13(26)12-6-2-4-10(8-25(29)30)15(12)32-17(21,22)23/h1-6H,7-8H2. The third-order valence-electron chi connectivity index (χ3n) is 3.72. The van der Waals surface area contributed by atoms with E-state index < -0.39 is 75.2 Å². The summed E-state index contributed by atoms with van der Waals surface area (Å²) in [6, 6.07) is 5.11. The Bertz CT molecular complexity index is 971. The van der Waals surface area contributed by atoms with Crippen LogP contribution in [0.5, 0.6) is 11.5 Å². The van der Waals surface area contributed by atoms with Gasteiger partial charge in [0, 0.05) is 9.85 Å². The Morgan fingerprint density at radius 1 is 0.750 bits per heavy atom. The van der Waals surface area contributed by atoms with Gasteiger partial charge in [-0.1, -0.05) is 12.1 Å². The van der Waals surface area contributed by atoms with E-state index in [2.05, 4.69) is 9.47 Å². The second-order valence-electron chi connectivity index (χ2n) is 5.99. The molecule has 0 amide bonds. The molecule has 0 fully saturated rings. The summed E-state index contributed by atoms with van der Waals surface area (Å²) < 4.78 is 84.7. The van der Waals surface area contributed by atoms with Crippen LogP contribution in [0, 0.1) is 20.2 Å². The highest BCUT2D eigenvalue weighted by atomic mass is 19.4. The Balaban J connectivity index is 2.71. The number of alkyl halides is 6. The van der Waals surface area contributed by atoms with Crippen molar-refractivity contribution in [2.24, 2.45) is 0 Å². The van der Waals surface area contributed by atoms with Gasteiger partial charge in [0.15, 0.2) is 0 Å². The van der Waals surface area contributed by atoms with Crippen molar-refractivity contribution in [3.63, 3.8) is 0 Å². The van der Waals surface area contributed by atoms with Crippen molar-refractivity contribution in [1.82, 2.24) is 0 Å². The molecule has 0 unspecified atom stereocenters. The molecule has 0 atom stereocenters. The highest BCUT2D eigenvalue weighted by Gasteiger charge is 2.38. The van der Waals surface area contributed by atoms with Gasteiger partial charge in [-0.05, 0) is 24.3 Å². The average Bonchev–Trinajstić information content (AvgIpc) is 2.61. The first-order valence-corrected chi connectivity index (χ1v) is 8.21. The zero-order valence-electron chi connectivity index (χ0n) is 15.4. The first kappa shape index (κ1) is 24.4. The summed E-state index contributed by atoms with van der Waals surface area (Å²) in [6.07, 6.45) is -10.8. The molecular weight excluding hydrogens is 458 g/mol. The van der Waals surface area contributed by atoms with E-state index in [1.807, 2.05) is 0 Å². The van der Waals surface area contributed by atoms with Gasteiger partial charge in [-0.15, -0.1) is 26.3 Å². The number of para-hydroxylation sites is 2. The molecule has 9 nitrogen and oxygen atoms in total. The fraction of sp³-hybridized carbons (Fsp3) is 0.235. The van der Waals surface area contributed by atoms with Gasteiger partial charge in [-0.2, -0.15) is 0 Å². The van der Waals surface area contributed by atoms with Gasteiger partial charge >= 0.3 is 12.7 Å². The molecule has 32 heavy (non-hydrogen) atoms. The highest BCUT2D eigenvalue weighted by molar-refractivity contribution is 6.12. The number of ether oxygens (including phenoxy) is 2. The zero-order chi connectivity index (χ0) is 24.3. The molecule has 0 radical (unpaired) electrons. The van der Waals surface area contributed by atoms with E-state index in [4.69, 9.17) is 0 Å². The fourth-order valence-corrected chi connectivity index (χ4v) is 2.67. The molecule has 2 aromatic rings. The number of benzene rings is 2. The van der Waals surface area contributed by atoms with Crippen molar-refractivity contribution in [1.29, 1.82) is 0 Å². The second-order valence-corrected chi connectivity index (χ2v) is 5.99. The first-order valence-electron chi connectivity index (χ1n) is 8.21. The number of hydrogen-bond donors (Lipinski definition) is 0. The zero-order valence-corrected chi connectivity index (χ0v) is 15.4. The highest BCUT2D eigenvalue weighted by Crippen LogP contribution is 2.36. The molecule has 0 spiro atoms. The Morgan fingerprint density at radius 2 is 1.09 bits per heavy atom. The number of hydrogen-bond acceptors (Lipinski definition) is 7. The van der Waals surface area contributed by atoms with Crippen LogP contribution in [0.4, 0.5) is 26.3 Å². The number of carbonyl (C=O) groups is 1.